The van der Waals surface area contributed by atoms with Crippen LogP contribution in [0.3, 0.4) is 0 Å². The summed E-state index contributed by atoms with van der Waals surface area (Å²) in [6, 6.07) is 0. The molecule has 0 saturated heterocycles. The lowest BCUT2D eigenvalue weighted by Crippen LogP contribution is -2.35. The summed E-state index contributed by atoms with van der Waals surface area (Å²) in [6.45, 7) is 3.62. The third-order valence-corrected chi connectivity index (χ3v) is 3.43. The van der Waals surface area contributed by atoms with Crippen molar-refractivity contribution in [3.63, 3.8) is 0 Å². The lowest BCUT2D eigenvalue weighted by Gasteiger charge is -2.23. The smallest absolute Gasteiger partial charge is 0.450 e. The zero-order valence-electron chi connectivity index (χ0n) is 14.7. The van der Waals surface area contributed by atoms with Gasteiger partial charge in [-0.3, -0.25) is 0 Å². The molecule has 0 unspecified atom stereocenters. The second-order valence-electron chi connectivity index (χ2n) is 6.83. The second-order valence-corrected chi connectivity index (χ2v) is 6.83. The van der Waals surface area contributed by atoms with E-state index in [0.29, 0.717) is 0 Å². The van der Waals surface area contributed by atoms with E-state index >= 15 is 0 Å². The van der Waals surface area contributed by atoms with E-state index in [4.69, 9.17) is 15.0 Å². The number of quaternary nitrogens is 1. The van der Waals surface area contributed by atoms with Gasteiger partial charge in [-0.15, -0.1) is 0 Å². The number of rotatable bonds is 12. The molecule has 0 aromatic carbocycles. The van der Waals surface area contributed by atoms with Crippen molar-refractivity contribution in [2.45, 2.75) is 77.6 Å². The maximum absolute atomic E-state index is 8.56. The normalized spacial score (nSPS) is 10.9. The zero-order chi connectivity index (χ0) is 16.6. The Labute approximate surface area is 131 Å². The lowest BCUT2D eigenvalue weighted by molar-refractivity contribution is -0.870. The largest absolute Gasteiger partial charge is 0.503 e. The van der Waals surface area contributed by atoms with E-state index in [-0.39, 0.29) is 0 Å². The van der Waals surface area contributed by atoms with Crippen LogP contribution in [-0.4, -0.2) is 48.5 Å². The summed E-state index contributed by atoms with van der Waals surface area (Å²) in [5.41, 5.74) is 0. The van der Waals surface area contributed by atoms with Crippen LogP contribution in [0.5, 0.6) is 0 Å². The molecule has 0 fully saturated rings. The van der Waals surface area contributed by atoms with Gasteiger partial charge in [-0.1, -0.05) is 64.7 Å². The summed E-state index contributed by atoms with van der Waals surface area (Å²) >= 11 is 0. The molecular formula is C17H38NO3+. The predicted molar refractivity (Wildman–Crippen MR) is 90.0 cm³/mol. The van der Waals surface area contributed by atoms with Gasteiger partial charge < -0.3 is 14.7 Å². The van der Waals surface area contributed by atoms with Crippen molar-refractivity contribution in [1.29, 1.82) is 0 Å². The highest BCUT2D eigenvalue weighted by Gasteiger charge is 2.04. The van der Waals surface area contributed by atoms with Gasteiger partial charge in [0.15, 0.2) is 0 Å². The quantitative estimate of drug-likeness (QED) is 0.383. The molecule has 0 spiro atoms. The number of hydrogen-bond donors (Lipinski definition) is 2. The maximum atomic E-state index is 8.56. The van der Waals surface area contributed by atoms with Crippen LogP contribution in [0.1, 0.15) is 77.6 Å². The minimum atomic E-state index is -1.83. The SMILES string of the molecule is CCCCCCCCCCCCC[N+](C)(C)C.O=C(O)O. The number of carboxylic acid groups (broad SMARTS) is 2. The molecule has 0 aliphatic rings. The molecule has 4 heteroatoms. The van der Waals surface area contributed by atoms with Crippen molar-refractivity contribution in [1.82, 2.24) is 0 Å². The van der Waals surface area contributed by atoms with Crippen molar-refractivity contribution >= 4 is 6.16 Å². The first-order valence-electron chi connectivity index (χ1n) is 8.52. The Kier molecular flexibility index (Phi) is 16.7. The highest BCUT2D eigenvalue weighted by atomic mass is 16.6. The van der Waals surface area contributed by atoms with Gasteiger partial charge >= 0.3 is 6.16 Å². The number of hydrogen-bond acceptors (Lipinski definition) is 1. The average molecular weight is 304 g/mol. The molecule has 0 aliphatic heterocycles. The van der Waals surface area contributed by atoms with Gasteiger partial charge in [-0.2, -0.15) is 0 Å². The molecular weight excluding hydrogens is 266 g/mol. The van der Waals surface area contributed by atoms with E-state index in [1.54, 1.807) is 0 Å². The zero-order valence-corrected chi connectivity index (χ0v) is 14.7. The van der Waals surface area contributed by atoms with Crippen molar-refractivity contribution < 1.29 is 19.5 Å². The summed E-state index contributed by atoms with van der Waals surface area (Å²) < 4.78 is 1.12. The Morgan fingerprint density at radius 2 is 1.00 bits per heavy atom. The fourth-order valence-electron chi connectivity index (χ4n) is 2.25. The van der Waals surface area contributed by atoms with E-state index < -0.39 is 6.16 Å². The van der Waals surface area contributed by atoms with Gasteiger partial charge in [0.05, 0.1) is 27.7 Å². The molecule has 0 radical (unpaired) electrons. The topological polar surface area (TPSA) is 57.5 Å². The Morgan fingerprint density at radius 3 is 1.29 bits per heavy atom. The van der Waals surface area contributed by atoms with E-state index in [2.05, 4.69) is 28.1 Å². The van der Waals surface area contributed by atoms with Crippen LogP contribution in [0, 0.1) is 0 Å². The molecule has 0 aromatic heterocycles. The molecule has 0 saturated carbocycles. The van der Waals surface area contributed by atoms with Crippen LogP contribution in [-0.2, 0) is 0 Å². The van der Waals surface area contributed by atoms with Gasteiger partial charge in [-0.25, -0.2) is 4.79 Å². The van der Waals surface area contributed by atoms with E-state index in [0.717, 1.165) is 4.48 Å². The molecule has 2 N–H and O–H groups in total. The minimum Gasteiger partial charge on any atom is -0.450 e. The van der Waals surface area contributed by atoms with Gasteiger partial charge in [0, 0.05) is 0 Å². The summed E-state index contributed by atoms with van der Waals surface area (Å²) in [7, 11) is 6.86. The van der Waals surface area contributed by atoms with Crippen LogP contribution in [0.4, 0.5) is 4.79 Å². The van der Waals surface area contributed by atoms with Crippen LogP contribution >= 0.6 is 0 Å². The van der Waals surface area contributed by atoms with E-state index in [1.165, 1.54) is 77.2 Å². The van der Waals surface area contributed by atoms with Gasteiger partial charge in [0.1, 0.15) is 0 Å². The van der Waals surface area contributed by atoms with Crippen molar-refractivity contribution in [2.75, 3.05) is 27.7 Å². The molecule has 0 amide bonds. The first-order chi connectivity index (χ1) is 9.79. The first kappa shape index (κ1) is 22.5. The lowest BCUT2D eigenvalue weighted by atomic mass is 10.1. The summed E-state index contributed by atoms with van der Waals surface area (Å²) in [5.74, 6) is 0. The van der Waals surface area contributed by atoms with Crippen LogP contribution in [0.2, 0.25) is 0 Å². The Balaban J connectivity index is 0. The van der Waals surface area contributed by atoms with Crippen LogP contribution < -0.4 is 0 Å². The number of nitrogens with zero attached hydrogens (tertiary/aromatic N) is 1. The molecule has 0 heterocycles. The second kappa shape index (κ2) is 15.6. The van der Waals surface area contributed by atoms with E-state index in [1.807, 2.05) is 0 Å². The molecule has 0 bridgehead atoms. The molecule has 128 valence electrons. The summed E-state index contributed by atoms with van der Waals surface area (Å²) in [4.78, 5) is 8.56. The summed E-state index contributed by atoms with van der Waals surface area (Å²) in [6.07, 6.45) is 14.1. The average Bonchev–Trinajstić information content (AvgIpc) is 2.34. The summed E-state index contributed by atoms with van der Waals surface area (Å²) in [5, 5.41) is 13.9. The van der Waals surface area contributed by atoms with Crippen molar-refractivity contribution in [3.8, 4) is 0 Å². The standard InChI is InChI=1S/C16H36N.CH2O3/c1-5-6-7-8-9-10-11-12-13-14-15-16-17(2,3)4;2-1(3)4/h5-16H2,1-4H3;(H2,2,3,4)/q+1;. The van der Waals surface area contributed by atoms with Crippen LogP contribution in [0.25, 0.3) is 0 Å². The van der Waals surface area contributed by atoms with Crippen LogP contribution in [0.15, 0.2) is 0 Å². The Bertz CT molecular complexity index is 221. The molecule has 21 heavy (non-hydrogen) atoms. The molecule has 0 atom stereocenters. The molecule has 4 nitrogen and oxygen atoms in total. The highest BCUT2D eigenvalue weighted by molar-refractivity contribution is 5.53. The Hall–Kier alpha value is -0.770. The maximum Gasteiger partial charge on any atom is 0.503 e. The molecule has 0 aromatic rings. The minimum absolute atomic E-state index is 1.12. The third-order valence-electron chi connectivity index (χ3n) is 3.43. The molecule has 0 rings (SSSR count). The monoisotopic (exact) mass is 304 g/mol. The number of carbonyl (C=O) groups is 1. The molecule has 0 aliphatic carbocycles. The number of unbranched alkanes of at least 4 members (excludes halogenated alkanes) is 10. The fourth-order valence-corrected chi connectivity index (χ4v) is 2.25. The predicted octanol–water partition coefficient (Wildman–Crippen LogP) is 5.23. The third kappa shape index (κ3) is 32.6. The first-order valence-corrected chi connectivity index (χ1v) is 8.52. The van der Waals surface area contributed by atoms with Crippen molar-refractivity contribution in [2.24, 2.45) is 0 Å². The van der Waals surface area contributed by atoms with E-state index in [9.17, 15) is 0 Å². The fraction of sp³-hybridized carbons (Fsp3) is 0.941. The van der Waals surface area contributed by atoms with Gasteiger partial charge in [0.25, 0.3) is 0 Å². The Morgan fingerprint density at radius 1 is 0.714 bits per heavy atom. The van der Waals surface area contributed by atoms with Gasteiger partial charge in [0.2, 0.25) is 0 Å². The van der Waals surface area contributed by atoms with Crippen molar-refractivity contribution in [3.05, 3.63) is 0 Å². The van der Waals surface area contributed by atoms with Gasteiger partial charge in [-0.05, 0) is 12.8 Å². The highest BCUT2D eigenvalue weighted by Crippen LogP contribution is 2.11.